The molecule has 0 atom stereocenters. The lowest BCUT2D eigenvalue weighted by Crippen LogP contribution is -2.05. The molecule has 0 amide bonds. The second-order valence-electron chi connectivity index (χ2n) is 7.16. The van der Waals surface area contributed by atoms with Gasteiger partial charge in [0.25, 0.3) is 0 Å². The van der Waals surface area contributed by atoms with Gasteiger partial charge in [-0.3, -0.25) is 14.6 Å². The minimum absolute atomic E-state index is 0.397. The van der Waals surface area contributed by atoms with Gasteiger partial charge in [-0.1, -0.05) is 43.8 Å². The fraction of sp³-hybridized carbons (Fsp3) is 0.273. The Bertz CT molecular complexity index is 1040. The maximum Gasteiger partial charge on any atom is 0.196 e. The molecule has 4 aromatic rings. The Hall–Kier alpha value is -2.93. The topological polar surface area (TPSA) is 72.3 Å². The van der Waals surface area contributed by atoms with E-state index in [9.17, 15) is 0 Å². The number of para-hydroxylation sites is 1. The van der Waals surface area contributed by atoms with Crippen molar-refractivity contribution >= 4 is 11.8 Å². The van der Waals surface area contributed by atoms with E-state index in [4.69, 9.17) is 0 Å². The van der Waals surface area contributed by atoms with Crippen LogP contribution in [0.5, 0.6) is 0 Å². The van der Waals surface area contributed by atoms with E-state index in [0.717, 1.165) is 40.8 Å². The molecule has 0 spiro atoms. The summed E-state index contributed by atoms with van der Waals surface area (Å²) in [6.45, 7) is 4.43. The normalized spacial score (nSPS) is 11.3. The summed E-state index contributed by atoms with van der Waals surface area (Å²) in [6, 6.07) is 12.4. The average Bonchev–Trinajstić information content (AvgIpc) is 3.42. The smallest absolute Gasteiger partial charge is 0.196 e. The Morgan fingerprint density at radius 2 is 1.97 bits per heavy atom. The molecule has 0 fully saturated rings. The maximum atomic E-state index is 4.53. The van der Waals surface area contributed by atoms with Crippen LogP contribution in [0.1, 0.15) is 37.3 Å². The first-order valence-corrected chi connectivity index (χ1v) is 10.8. The SMILES string of the molecule is CC(C)c1ccccc1-n1c(SCCCc2cn[nH]c2)nnc1-c1cccnc1. The van der Waals surface area contributed by atoms with E-state index >= 15 is 0 Å². The summed E-state index contributed by atoms with van der Waals surface area (Å²) >= 11 is 1.74. The standard InChI is InChI=1S/C22H24N6S/c1-16(2)19-9-3-4-10-20(19)28-21(18-8-5-11-23-15-18)26-27-22(28)29-12-6-7-17-13-24-25-14-17/h3-5,8-11,13-16H,6-7,12H2,1-2H3,(H,24,25). The van der Waals surface area contributed by atoms with Gasteiger partial charge in [0.2, 0.25) is 0 Å². The quantitative estimate of drug-likeness (QED) is 0.334. The van der Waals surface area contributed by atoms with Gasteiger partial charge in [0.05, 0.1) is 11.9 Å². The molecule has 3 heterocycles. The lowest BCUT2D eigenvalue weighted by molar-refractivity contribution is 0.817. The van der Waals surface area contributed by atoms with Crippen molar-refractivity contribution in [2.24, 2.45) is 0 Å². The van der Waals surface area contributed by atoms with Gasteiger partial charge in [0, 0.05) is 29.9 Å². The van der Waals surface area contributed by atoms with Crippen LogP contribution < -0.4 is 0 Å². The van der Waals surface area contributed by atoms with Gasteiger partial charge in [-0.2, -0.15) is 5.10 Å². The first-order chi connectivity index (χ1) is 14.2. The second kappa shape index (κ2) is 9.05. The fourth-order valence-electron chi connectivity index (χ4n) is 3.30. The molecule has 3 aromatic heterocycles. The second-order valence-corrected chi connectivity index (χ2v) is 8.22. The highest BCUT2D eigenvalue weighted by molar-refractivity contribution is 7.99. The van der Waals surface area contributed by atoms with E-state index in [-0.39, 0.29) is 0 Å². The average molecular weight is 405 g/mol. The molecule has 0 aliphatic carbocycles. The van der Waals surface area contributed by atoms with Crippen molar-refractivity contribution in [1.29, 1.82) is 0 Å². The van der Waals surface area contributed by atoms with E-state index in [1.54, 1.807) is 18.0 Å². The Morgan fingerprint density at radius 3 is 2.72 bits per heavy atom. The summed E-state index contributed by atoms with van der Waals surface area (Å²) < 4.78 is 2.18. The van der Waals surface area contributed by atoms with E-state index in [2.05, 4.69) is 68.1 Å². The fourth-order valence-corrected chi connectivity index (χ4v) is 4.18. The first-order valence-electron chi connectivity index (χ1n) is 9.79. The summed E-state index contributed by atoms with van der Waals surface area (Å²) in [5.74, 6) is 2.18. The van der Waals surface area contributed by atoms with Crippen LogP contribution in [-0.2, 0) is 6.42 Å². The molecular weight excluding hydrogens is 380 g/mol. The number of aromatic amines is 1. The van der Waals surface area contributed by atoms with Crippen LogP contribution >= 0.6 is 11.8 Å². The predicted octanol–water partition coefficient (Wildman–Crippen LogP) is 4.90. The van der Waals surface area contributed by atoms with Gasteiger partial charge >= 0.3 is 0 Å². The van der Waals surface area contributed by atoms with Gasteiger partial charge in [-0.15, -0.1) is 10.2 Å². The number of rotatable bonds is 8. The predicted molar refractivity (Wildman–Crippen MR) is 116 cm³/mol. The van der Waals surface area contributed by atoms with E-state index in [1.807, 2.05) is 30.7 Å². The number of aromatic nitrogens is 6. The van der Waals surface area contributed by atoms with Crippen LogP contribution in [0.25, 0.3) is 17.1 Å². The molecule has 4 rings (SSSR count). The van der Waals surface area contributed by atoms with Crippen molar-refractivity contribution in [3.63, 3.8) is 0 Å². The van der Waals surface area contributed by atoms with Crippen molar-refractivity contribution in [3.05, 3.63) is 72.3 Å². The molecule has 0 saturated carbocycles. The number of pyridine rings is 1. The Balaban J connectivity index is 1.66. The van der Waals surface area contributed by atoms with Gasteiger partial charge in [0.1, 0.15) is 0 Å². The first kappa shape index (κ1) is 19.4. The minimum atomic E-state index is 0.397. The number of aryl methyl sites for hydroxylation is 1. The summed E-state index contributed by atoms with van der Waals surface area (Å²) in [6.07, 6.45) is 9.49. The molecule has 29 heavy (non-hydrogen) atoms. The summed E-state index contributed by atoms with van der Waals surface area (Å²) in [7, 11) is 0. The summed E-state index contributed by atoms with van der Waals surface area (Å²) in [4.78, 5) is 4.27. The van der Waals surface area contributed by atoms with Gasteiger partial charge in [-0.25, -0.2) is 0 Å². The third kappa shape index (κ3) is 4.40. The highest BCUT2D eigenvalue weighted by Gasteiger charge is 2.19. The van der Waals surface area contributed by atoms with Gasteiger partial charge < -0.3 is 0 Å². The molecular formula is C22H24N6S. The molecule has 0 radical (unpaired) electrons. The lowest BCUT2D eigenvalue weighted by atomic mass is 10.0. The third-order valence-electron chi connectivity index (χ3n) is 4.75. The highest BCUT2D eigenvalue weighted by atomic mass is 32.2. The number of benzene rings is 1. The van der Waals surface area contributed by atoms with Crippen molar-refractivity contribution < 1.29 is 0 Å². The molecule has 7 heteroatoms. The van der Waals surface area contributed by atoms with E-state index in [0.29, 0.717) is 5.92 Å². The zero-order valence-corrected chi connectivity index (χ0v) is 17.4. The van der Waals surface area contributed by atoms with Crippen molar-refractivity contribution in [2.75, 3.05) is 5.75 Å². The van der Waals surface area contributed by atoms with Crippen molar-refractivity contribution in [3.8, 4) is 17.1 Å². The molecule has 6 nitrogen and oxygen atoms in total. The molecule has 0 saturated heterocycles. The van der Waals surface area contributed by atoms with Crippen LogP contribution in [0.3, 0.4) is 0 Å². The Morgan fingerprint density at radius 1 is 1.07 bits per heavy atom. The van der Waals surface area contributed by atoms with E-state index in [1.165, 1.54) is 11.1 Å². The van der Waals surface area contributed by atoms with Crippen LogP contribution in [0.4, 0.5) is 0 Å². The van der Waals surface area contributed by atoms with Crippen LogP contribution in [0.15, 0.2) is 66.3 Å². The highest BCUT2D eigenvalue weighted by Crippen LogP contribution is 2.32. The number of nitrogens with zero attached hydrogens (tertiary/aromatic N) is 5. The third-order valence-corrected chi connectivity index (χ3v) is 5.76. The zero-order valence-electron chi connectivity index (χ0n) is 16.6. The Kier molecular flexibility index (Phi) is 6.05. The minimum Gasteiger partial charge on any atom is -0.285 e. The molecule has 0 aliphatic rings. The van der Waals surface area contributed by atoms with E-state index < -0.39 is 0 Å². The van der Waals surface area contributed by atoms with Crippen molar-refractivity contribution in [2.45, 2.75) is 37.8 Å². The Labute approximate surface area is 174 Å². The number of hydrogen-bond donors (Lipinski definition) is 1. The monoisotopic (exact) mass is 404 g/mol. The van der Waals surface area contributed by atoms with Crippen LogP contribution in [0, 0.1) is 0 Å². The van der Waals surface area contributed by atoms with Crippen molar-refractivity contribution in [1.82, 2.24) is 29.9 Å². The molecule has 148 valence electrons. The molecule has 0 unspecified atom stereocenters. The van der Waals surface area contributed by atoms with Gasteiger partial charge in [0.15, 0.2) is 11.0 Å². The number of nitrogens with one attached hydrogen (secondary N) is 1. The molecule has 0 aliphatic heterocycles. The van der Waals surface area contributed by atoms with Crippen LogP contribution in [0.2, 0.25) is 0 Å². The van der Waals surface area contributed by atoms with Crippen LogP contribution in [-0.4, -0.2) is 35.7 Å². The zero-order chi connectivity index (χ0) is 20.1. The maximum absolute atomic E-state index is 4.53. The summed E-state index contributed by atoms with van der Waals surface area (Å²) in [5, 5.41) is 16.8. The molecule has 1 aromatic carbocycles. The lowest BCUT2D eigenvalue weighted by Gasteiger charge is -2.16. The number of H-pyrrole nitrogens is 1. The number of hydrogen-bond acceptors (Lipinski definition) is 5. The molecule has 1 N–H and O–H groups in total. The molecule has 0 bridgehead atoms. The number of thioether (sulfide) groups is 1. The van der Waals surface area contributed by atoms with Gasteiger partial charge in [-0.05, 0) is 48.1 Å². The largest absolute Gasteiger partial charge is 0.285 e. The summed E-state index contributed by atoms with van der Waals surface area (Å²) in [5.41, 5.74) is 4.60.